The number of fused-ring (bicyclic) bond motifs is 2. The standard InChI is InChI=1S/C17H16Cl2N4OS/c1-3-11-8-15(24)23-16(20-11)25-17(21-23)22-5-4-12-13(9(22)2)6-10(18)7-14(12)19/h6-9H,3-5H2,1-2H3/t9-/m0/s1. The number of hydrogen-bond donors (Lipinski definition) is 0. The van der Waals surface area contributed by atoms with Gasteiger partial charge in [-0.05, 0) is 43.0 Å². The van der Waals surface area contributed by atoms with Gasteiger partial charge in [-0.2, -0.15) is 4.52 Å². The summed E-state index contributed by atoms with van der Waals surface area (Å²) in [6.07, 6.45) is 1.54. The van der Waals surface area contributed by atoms with Crippen LogP contribution in [0.3, 0.4) is 0 Å². The number of halogens is 2. The Morgan fingerprint density at radius 3 is 2.88 bits per heavy atom. The summed E-state index contributed by atoms with van der Waals surface area (Å²) >= 11 is 14.0. The summed E-state index contributed by atoms with van der Waals surface area (Å²) in [7, 11) is 0. The molecule has 0 radical (unpaired) electrons. The van der Waals surface area contributed by atoms with Gasteiger partial charge in [-0.25, -0.2) is 4.98 Å². The second kappa shape index (κ2) is 6.27. The summed E-state index contributed by atoms with van der Waals surface area (Å²) in [4.78, 5) is 19.6. The van der Waals surface area contributed by atoms with Gasteiger partial charge in [-0.3, -0.25) is 4.79 Å². The van der Waals surface area contributed by atoms with Gasteiger partial charge in [0.05, 0.1) is 6.04 Å². The van der Waals surface area contributed by atoms with Crippen molar-refractivity contribution in [3.05, 3.63) is 55.4 Å². The maximum Gasteiger partial charge on any atom is 0.275 e. The van der Waals surface area contributed by atoms with Gasteiger partial charge in [-0.15, -0.1) is 5.10 Å². The fourth-order valence-corrected chi connectivity index (χ4v) is 4.89. The van der Waals surface area contributed by atoms with Crippen LogP contribution in [0.15, 0.2) is 23.0 Å². The zero-order valence-electron chi connectivity index (χ0n) is 13.8. The monoisotopic (exact) mass is 394 g/mol. The Kier molecular flexibility index (Phi) is 4.22. The first-order chi connectivity index (χ1) is 12.0. The van der Waals surface area contributed by atoms with Crippen molar-refractivity contribution in [1.82, 2.24) is 14.6 Å². The minimum Gasteiger partial charge on any atom is -0.340 e. The molecule has 3 aromatic rings. The van der Waals surface area contributed by atoms with E-state index in [1.807, 2.05) is 13.0 Å². The summed E-state index contributed by atoms with van der Waals surface area (Å²) in [6.45, 7) is 4.87. The van der Waals surface area contributed by atoms with Crippen molar-refractivity contribution in [1.29, 1.82) is 0 Å². The number of hydrogen-bond acceptors (Lipinski definition) is 5. The second-order valence-electron chi connectivity index (χ2n) is 6.09. The van der Waals surface area contributed by atoms with Gasteiger partial charge in [0.15, 0.2) is 0 Å². The fourth-order valence-electron chi connectivity index (χ4n) is 3.26. The van der Waals surface area contributed by atoms with Crippen molar-refractivity contribution in [2.45, 2.75) is 32.7 Å². The molecule has 5 nitrogen and oxygen atoms in total. The molecule has 0 aliphatic carbocycles. The van der Waals surface area contributed by atoms with Gasteiger partial charge in [0, 0.05) is 28.4 Å². The van der Waals surface area contributed by atoms with Crippen LogP contribution in [0, 0.1) is 0 Å². The molecular weight excluding hydrogens is 379 g/mol. The topological polar surface area (TPSA) is 50.5 Å². The Hall–Kier alpha value is -1.63. The van der Waals surface area contributed by atoms with Crippen molar-refractivity contribution < 1.29 is 0 Å². The van der Waals surface area contributed by atoms with Gasteiger partial charge in [0.1, 0.15) is 0 Å². The van der Waals surface area contributed by atoms with Crippen molar-refractivity contribution in [3.63, 3.8) is 0 Å². The average Bonchev–Trinajstić information content (AvgIpc) is 3.00. The highest BCUT2D eigenvalue weighted by molar-refractivity contribution is 7.20. The highest BCUT2D eigenvalue weighted by atomic mass is 35.5. The SMILES string of the molecule is CCc1cc(=O)n2nc(N3CCc4c(Cl)cc(Cl)cc4[C@@H]3C)sc2n1. The van der Waals surface area contributed by atoms with Crippen LogP contribution in [0.2, 0.25) is 10.0 Å². The number of rotatable bonds is 2. The molecule has 1 aliphatic rings. The van der Waals surface area contributed by atoms with Crippen LogP contribution in [-0.4, -0.2) is 21.1 Å². The van der Waals surface area contributed by atoms with Crippen molar-refractivity contribution in [2.24, 2.45) is 0 Å². The normalized spacial score (nSPS) is 17.1. The number of nitrogens with zero attached hydrogens (tertiary/aromatic N) is 4. The van der Waals surface area contributed by atoms with E-state index in [0.717, 1.165) is 41.3 Å². The molecule has 2 aromatic heterocycles. The highest BCUT2D eigenvalue weighted by Crippen LogP contribution is 2.39. The third kappa shape index (κ3) is 2.82. The van der Waals surface area contributed by atoms with E-state index >= 15 is 0 Å². The second-order valence-corrected chi connectivity index (χ2v) is 7.87. The molecule has 1 aliphatic heterocycles. The summed E-state index contributed by atoms with van der Waals surface area (Å²) < 4.78 is 1.38. The Balaban J connectivity index is 1.79. The van der Waals surface area contributed by atoms with Gasteiger partial charge in [0.25, 0.3) is 5.56 Å². The van der Waals surface area contributed by atoms with E-state index in [4.69, 9.17) is 23.2 Å². The zero-order chi connectivity index (χ0) is 17.7. The molecule has 3 heterocycles. The molecule has 0 bridgehead atoms. The van der Waals surface area contributed by atoms with Crippen molar-refractivity contribution >= 4 is 44.6 Å². The fraction of sp³-hybridized carbons (Fsp3) is 0.353. The molecule has 0 amide bonds. The Morgan fingerprint density at radius 2 is 2.12 bits per heavy atom. The molecule has 4 rings (SSSR count). The summed E-state index contributed by atoms with van der Waals surface area (Å²) in [5, 5.41) is 6.63. The van der Waals surface area contributed by atoms with E-state index in [1.54, 1.807) is 12.1 Å². The van der Waals surface area contributed by atoms with Crippen LogP contribution in [-0.2, 0) is 12.8 Å². The minimum absolute atomic E-state index is 0.0712. The van der Waals surface area contributed by atoms with Crippen LogP contribution in [0.25, 0.3) is 4.96 Å². The molecular formula is C17H16Cl2N4OS. The summed E-state index contributed by atoms with van der Waals surface area (Å²) in [6, 6.07) is 5.37. The largest absolute Gasteiger partial charge is 0.340 e. The highest BCUT2D eigenvalue weighted by Gasteiger charge is 2.28. The van der Waals surface area contributed by atoms with Gasteiger partial charge in [-0.1, -0.05) is 41.5 Å². The van der Waals surface area contributed by atoms with E-state index in [0.29, 0.717) is 15.0 Å². The molecule has 0 unspecified atom stereocenters. The molecule has 1 aromatic carbocycles. The number of benzene rings is 1. The third-order valence-electron chi connectivity index (χ3n) is 4.61. The Morgan fingerprint density at radius 1 is 1.32 bits per heavy atom. The molecule has 0 fully saturated rings. The lowest BCUT2D eigenvalue weighted by Crippen LogP contribution is -2.34. The molecule has 0 saturated heterocycles. The molecule has 0 spiro atoms. The Bertz CT molecular complexity index is 1030. The average molecular weight is 395 g/mol. The predicted molar refractivity (Wildman–Crippen MR) is 102 cm³/mol. The lowest BCUT2D eigenvalue weighted by atomic mass is 9.94. The molecule has 25 heavy (non-hydrogen) atoms. The summed E-state index contributed by atoms with van der Waals surface area (Å²) in [5.74, 6) is 0. The third-order valence-corrected chi connectivity index (χ3v) is 6.11. The first kappa shape index (κ1) is 16.8. The number of aryl methyl sites for hydroxylation is 1. The number of aromatic nitrogens is 3. The maximum absolute atomic E-state index is 12.2. The first-order valence-electron chi connectivity index (χ1n) is 8.12. The van der Waals surface area contributed by atoms with Gasteiger partial charge in [0.2, 0.25) is 10.1 Å². The van der Waals surface area contributed by atoms with Crippen LogP contribution in [0.5, 0.6) is 0 Å². The predicted octanol–water partition coefficient (Wildman–Crippen LogP) is 4.14. The molecule has 130 valence electrons. The van der Waals surface area contributed by atoms with Crippen LogP contribution in [0.1, 0.15) is 36.7 Å². The minimum atomic E-state index is -0.138. The van der Waals surface area contributed by atoms with E-state index in [-0.39, 0.29) is 11.6 Å². The van der Waals surface area contributed by atoms with Crippen molar-refractivity contribution in [2.75, 3.05) is 11.4 Å². The van der Waals surface area contributed by atoms with Crippen LogP contribution in [0.4, 0.5) is 5.13 Å². The smallest absolute Gasteiger partial charge is 0.275 e. The van der Waals surface area contributed by atoms with E-state index < -0.39 is 0 Å². The lowest BCUT2D eigenvalue weighted by molar-refractivity contribution is 0.617. The van der Waals surface area contributed by atoms with Gasteiger partial charge < -0.3 is 4.90 Å². The van der Waals surface area contributed by atoms with Crippen LogP contribution >= 0.6 is 34.5 Å². The van der Waals surface area contributed by atoms with Crippen molar-refractivity contribution in [3.8, 4) is 0 Å². The van der Waals surface area contributed by atoms with Crippen LogP contribution < -0.4 is 10.5 Å². The lowest BCUT2D eigenvalue weighted by Gasteiger charge is -2.35. The number of anilines is 1. The molecule has 0 saturated carbocycles. The van der Waals surface area contributed by atoms with E-state index in [1.165, 1.54) is 15.9 Å². The molecule has 0 N–H and O–H groups in total. The van der Waals surface area contributed by atoms with E-state index in [9.17, 15) is 4.79 Å². The molecule has 1 atom stereocenters. The summed E-state index contributed by atoms with van der Waals surface area (Å²) in [5.41, 5.74) is 2.90. The maximum atomic E-state index is 12.2. The Labute approximate surface area is 158 Å². The quantitative estimate of drug-likeness (QED) is 0.654. The zero-order valence-corrected chi connectivity index (χ0v) is 16.1. The van der Waals surface area contributed by atoms with Gasteiger partial charge >= 0.3 is 0 Å². The molecule has 8 heteroatoms. The first-order valence-corrected chi connectivity index (χ1v) is 9.69. The van der Waals surface area contributed by atoms with E-state index in [2.05, 4.69) is 21.9 Å².